The lowest BCUT2D eigenvalue weighted by molar-refractivity contribution is -0.146. The summed E-state index contributed by atoms with van der Waals surface area (Å²) in [5, 5.41) is 0. The molecule has 0 aromatic heterocycles. The molecule has 0 saturated heterocycles. The molecule has 0 aliphatic carbocycles. The van der Waals surface area contributed by atoms with Crippen LogP contribution in [0.4, 0.5) is 52.7 Å². The fourth-order valence-electron chi connectivity index (χ4n) is 5.11. The molecule has 5 aromatic carbocycles. The maximum absolute atomic E-state index is 14.6. The summed E-state index contributed by atoms with van der Waals surface area (Å²) in [6.45, 7) is -3.28. The van der Waals surface area contributed by atoms with Crippen molar-refractivity contribution in [2.24, 2.45) is 0 Å². The Labute approximate surface area is 325 Å². The molecule has 5 rings (SSSR count). The molecule has 0 N–H and O–H groups in total. The summed E-state index contributed by atoms with van der Waals surface area (Å²) in [4.78, 5) is 40.1. The number of ether oxygens (including phenoxy) is 3. The fourth-order valence-corrected chi connectivity index (χ4v) is 5.32. The molecular formula is C37H18BrF12NO7. The number of carbonyl (C=O) groups excluding carboxylic acids is 3. The minimum absolute atomic E-state index is 0.0257. The highest BCUT2D eigenvalue weighted by Crippen LogP contribution is 2.31. The summed E-state index contributed by atoms with van der Waals surface area (Å²) in [6, 6.07) is 8.80. The van der Waals surface area contributed by atoms with Crippen LogP contribution in [0.2, 0.25) is 0 Å². The number of rotatable bonds is 13. The van der Waals surface area contributed by atoms with E-state index in [1.54, 1.807) is 24.3 Å². The molecule has 0 amide bonds. The normalized spacial score (nSPS) is 11.7. The van der Waals surface area contributed by atoms with Gasteiger partial charge < -0.3 is 18.0 Å². The molecule has 0 fully saturated rings. The first kappa shape index (κ1) is 43.0. The van der Waals surface area contributed by atoms with Crippen molar-refractivity contribution in [2.75, 3.05) is 13.1 Å². The van der Waals surface area contributed by atoms with Crippen molar-refractivity contribution >= 4 is 34.2 Å². The van der Waals surface area contributed by atoms with Gasteiger partial charge in [0.2, 0.25) is 52.2 Å². The van der Waals surface area contributed by atoms with Gasteiger partial charge >= 0.3 is 17.9 Å². The molecule has 0 heterocycles. The van der Waals surface area contributed by atoms with Gasteiger partial charge in [-0.1, -0.05) is 36.4 Å². The molecule has 0 spiro atoms. The Balaban J connectivity index is 1.57. The number of hydrogen-bond donors (Lipinski definition) is 0. The van der Waals surface area contributed by atoms with Crippen molar-refractivity contribution in [1.29, 1.82) is 0 Å². The van der Waals surface area contributed by atoms with E-state index in [1.165, 1.54) is 24.3 Å². The Morgan fingerprint density at radius 3 is 1.17 bits per heavy atom. The first-order valence-corrected chi connectivity index (χ1v) is 16.4. The third kappa shape index (κ3) is 9.53. The summed E-state index contributed by atoms with van der Waals surface area (Å²) >= 11 is 2.81. The molecule has 1 unspecified atom stereocenters. The Bertz CT molecular complexity index is 2240. The quantitative estimate of drug-likeness (QED) is 0.0502. The van der Waals surface area contributed by atoms with Gasteiger partial charge in [-0.3, -0.25) is 14.5 Å². The van der Waals surface area contributed by atoms with E-state index in [0.717, 1.165) is 0 Å². The summed E-state index contributed by atoms with van der Waals surface area (Å²) < 4.78 is 189. The molecule has 1 atom stereocenters. The van der Waals surface area contributed by atoms with Gasteiger partial charge in [-0.2, -0.15) is 26.3 Å². The van der Waals surface area contributed by atoms with E-state index in [-0.39, 0.29) is 28.7 Å². The van der Waals surface area contributed by atoms with Crippen LogP contribution in [0.1, 0.15) is 5.56 Å². The maximum Gasteiger partial charge on any atom is 0.329 e. The van der Waals surface area contributed by atoms with Gasteiger partial charge in [-0.15, -0.1) is 0 Å². The average molecular weight is 896 g/mol. The van der Waals surface area contributed by atoms with Crippen LogP contribution in [-0.2, 0) is 20.8 Å². The SMILES string of the molecule is O=C(CN(CC(=O)Oc1c(F)c(F)cc(F)c1F)C(Cc1ccc(-c2ccc(OBr)cc2)cc1)C(=O)Oc1c(F)c(F)cc(F)c1F)Oc1c(F)c(F)cc(F)c1F. The zero-order chi connectivity index (χ0) is 42.6. The highest BCUT2D eigenvalue weighted by atomic mass is 79.9. The van der Waals surface area contributed by atoms with E-state index in [9.17, 15) is 67.1 Å². The minimum atomic E-state index is -2.34. The van der Waals surface area contributed by atoms with Gasteiger partial charge in [0.25, 0.3) is 0 Å². The summed E-state index contributed by atoms with van der Waals surface area (Å²) in [5.41, 5.74) is 1.14. The lowest BCUT2D eigenvalue weighted by atomic mass is 9.99. The number of carbonyl (C=O) groups is 3. The second-order valence-electron chi connectivity index (χ2n) is 11.7. The van der Waals surface area contributed by atoms with Crippen molar-refractivity contribution in [1.82, 2.24) is 4.90 Å². The van der Waals surface area contributed by atoms with Crippen molar-refractivity contribution in [3.63, 3.8) is 0 Å². The molecule has 0 aliphatic rings. The third-order valence-corrected chi connectivity index (χ3v) is 8.26. The van der Waals surface area contributed by atoms with Crippen molar-refractivity contribution < 1.29 is 85.1 Å². The number of nitrogens with zero attached hydrogens (tertiary/aromatic N) is 1. The minimum Gasteiger partial charge on any atom is -0.419 e. The molecule has 0 aliphatic heterocycles. The van der Waals surface area contributed by atoms with Crippen molar-refractivity contribution in [3.05, 3.63) is 142 Å². The number of benzene rings is 5. The van der Waals surface area contributed by atoms with Crippen LogP contribution in [0, 0.1) is 69.8 Å². The number of hydrogen-bond acceptors (Lipinski definition) is 8. The Kier molecular flexibility index (Phi) is 13.4. The van der Waals surface area contributed by atoms with Crippen LogP contribution < -0.4 is 18.0 Å². The maximum atomic E-state index is 14.6. The monoisotopic (exact) mass is 895 g/mol. The Hall–Kier alpha value is -6.09. The Morgan fingerprint density at radius 1 is 0.500 bits per heavy atom. The van der Waals surface area contributed by atoms with Crippen LogP contribution in [0.15, 0.2) is 66.7 Å². The zero-order valence-electron chi connectivity index (χ0n) is 28.3. The number of esters is 3. The van der Waals surface area contributed by atoms with Gasteiger partial charge in [0.1, 0.15) is 11.8 Å². The lowest BCUT2D eigenvalue weighted by Crippen LogP contribution is -2.50. The summed E-state index contributed by atoms with van der Waals surface area (Å²) in [6.07, 6.45) is -0.842. The van der Waals surface area contributed by atoms with Gasteiger partial charge in [0.05, 0.1) is 13.1 Å². The number of halogens is 13. The average Bonchev–Trinajstić information content (AvgIpc) is 3.19. The van der Waals surface area contributed by atoms with Gasteiger partial charge in [0.15, 0.2) is 51.2 Å². The molecule has 0 saturated carbocycles. The molecular weight excluding hydrogens is 878 g/mol. The lowest BCUT2D eigenvalue weighted by Gasteiger charge is -2.29. The predicted molar refractivity (Wildman–Crippen MR) is 176 cm³/mol. The van der Waals surface area contributed by atoms with Crippen LogP contribution in [0.5, 0.6) is 23.0 Å². The van der Waals surface area contributed by atoms with Gasteiger partial charge in [-0.05, 0) is 35.2 Å². The fraction of sp³-hybridized carbons (Fsp3) is 0.108. The highest BCUT2D eigenvalue weighted by molar-refractivity contribution is 9.06. The second kappa shape index (κ2) is 18.0. The molecule has 8 nitrogen and oxygen atoms in total. The van der Waals surface area contributed by atoms with Crippen molar-refractivity contribution in [2.45, 2.75) is 12.5 Å². The second-order valence-corrected chi connectivity index (χ2v) is 12.0. The standard InChI is InChI=1S/C37H18BrF12NO7/c38-58-18-7-5-17(6-8-18)16-3-1-15(2-4-16)9-25(37(54)57-36-32(49)23(43)12-24(44)33(36)50)51(13-26(52)55-34-28(45)19(39)10-20(40)29(34)46)14-27(53)56-35-30(47)21(41)11-22(42)31(35)48/h1-8,10-12,25H,9,13-14H2. The third-order valence-electron chi connectivity index (χ3n) is 7.89. The summed E-state index contributed by atoms with van der Waals surface area (Å²) in [5.74, 6) is -37.3. The predicted octanol–water partition coefficient (Wildman–Crippen LogP) is 8.74. The van der Waals surface area contributed by atoms with Crippen molar-refractivity contribution in [3.8, 4) is 34.1 Å². The van der Waals surface area contributed by atoms with Crippen LogP contribution in [-0.4, -0.2) is 41.9 Å². The largest absolute Gasteiger partial charge is 0.419 e. The first-order valence-electron chi connectivity index (χ1n) is 15.7. The molecule has 5 aromatic rings. The van der Waals surface area contributed by atoms with E-state index in [2.05, 4.69) is 30.5 Å². The van der Waals surface area contributed by atoms with Crippen LogP contribution >= 0.6 is 16.3 Å². The van der Waals surface area contributed by atoms with Gasteiger partial charge in [0, 0.05) is 18.2 Å². The van der Waals surface area contributed by atoms with E-state index in [1.807, 2.05) is 0 Å². The molecule has 21 heteroatoms. The molecule has 304 valence electrons. The smallest absolute Gasteiger partial charge is 0.329 e. The van der Waals surface area contributed by atoms with E-state index < -0.39 is 131 Å². The topological polar surface area (TPSA) is 91.4 Å². The van der Waals surface area contributed by atoms with Crippen LogP contribution in [0.3, 0.4) is 0 Å². The Morgan fingerprint density at radius 2 is 0.828 bits per heavy atom. The molecule has 0 radical (unpaired) electrons. The zero-order valence-corrected chi connectivity index (χ0v) is 29.9. The van der Waals surface area contributed by atoms with E-state index in [0.29, 0.717) is 16.9 Å². The van der Waals surface area contributed by atoms with Crippen LogP contribution in [0.25, 0.3) is 11.1 Å². The highest BCUT2D eigenvalue weighted by Gasteiger charge is 2.36. The van der Waals surface area contributed by atoms with E-state index >= 15 is 0 Å². The first-order chi connectivity index (χ1) is 27.4. The van der Waals surface area contributed by atoms with Gasteiger partial charge in [-0.25, -0.2) is 31.1 Å². The van der Waals surface area contributed by atoms with E-state index in [4.69, 9.17) is 3.83 Å². The molecule has 58 heavy (non-hydrogen) atoms. The molecule has 0 bridgehead atoms. The summed E-state index contributed by atoms with van der Waals surface area (Å²) in [7, 11) is 0.